The maximum Gasteiger partial charge on any atom is 0.217 e. The van der Waals surface area contributed by atoms with Gasteiger partial charge in [0, 0.05) is 19.5 Å². The van der Waals surface area contributed by atoms with Crippen LogP contribution in [-0.4, -0.2) is 18.5 Å². The predicted molar refractivity (Wildman–Crippen MR) is 46.1 cm³/mol. The zero-order valence-corrected chi connectivity index (χ0v) is 7.55. The minimum absolute atomic E-state index is 0.00102. The molecule has 0 spiro atoms. The van der Waals surface area contributed by atoms with Gasteiger partial charge in [0.25, 0.3) is 0 Å². The van der Waals surface area contributed by atoms with Crippen LogP contribution in [0.3, 0.4) is 0 Å². The molecule has 0 unspecified atom stereocenters. The van der Waals surface area contributed by atoms with E-state index in [1.54, 1.807) is 0 Å². The minimum atomic E-state index is 0.00102. The van der Waals surface area contributed by atoms with Crippen LogP contribution >= 0.6 is 0 Å². The van der Waals surface area contributed by atoms with E-state index in [4.69, 9.17) is 5.73 Å². The first-order chi connectivity index (χ1) is 5.06. The maximum absolute atomic E-state index is 10.6. The van der Waals surface area contributed by atoms with E-state index in [0.29, 0.717) is 12.5 Å². The first-order valence-corrected chi connectivity index (χ1v) is 4.03. The van der Waals surface area contributed by atoms with Gasteiger partial charge in [0.1, 0.15) is 0 Å². The number of hydrogen-bond donors (Lipinski definition) is 2. The average molecular weight is 158 g/mol. The van der Waals surface area contributed by atoms with Gasteiger partial charge in [-0.15, -0.1) is 0 Å². The van der Waals surface area contributed by atoms with Crippen LogP contribution in [0, 0.1) is 5.92 Å². The number of hydrogen-bond acceptors (Lipinski definition) is 2. The van der Waals surface area contributed by atoms with Crippen molar-refractivity contribution in [1.82, 2.24) is 5.32 Å². The Morgan fingerprint density at radius 1 is 1.55 bits per heavy atom. The zero-order chi connectivity index (χ0) is 8.85. The highest BCUT2D eigenvalue weighted by Gasteiger charge is 2.08. The molecule has 3 N–H and O–H groups in total. The van der Waals surface area contributed by atoms with Crippen LogP contribution in [-0.2, 0) is 4.79 Å². The molecule has 0 radical (unpaired) electrons. The summed E-state index contributed by atoms with van der Waals surface area (Å²) in [6.07, 6.45) is 0.954. The maximum atomic E-state index is 10.6. The minimum Gasteiger partial charge on any atom is -0.352 e. The first kappa shape index (κ1) is 10.4. The van der Waals surface area contributed by atoms with Crippen molar-refractivity contribution in [2.75, 3.05) is 6.54 Å². The summed E-state index contributed by atoms with van der Waals surface area (Å²) >= 11 is 0. The molecule has 0 aliphatic carbocycles. The Kier molecular flexibility index (Phi) is 4.86. The summed E-state index contributed by atoms with van der Waals surface area (Å²) in [6, 6.07) is 0.146. The number of nitrogens with one attached hydrogen (secondary N) is 1. The second-order valence-corrected chi connectivity index (χ2v) is 3.26. The van der Waals surface area contributed by atoms with E-state index in [2.05, 4.69) is 19.2 Å². The molecule has 0 aromatic heterocycles. The van der Waals surface area contributed by atoms with Crippen molar-refractivity contribution in [3.8, 4) is 0 Å². The van der Waals surface area contributed by atoms with Gasteiger partial charge in [-0.1, -0.05) is 13.8 Å². The Bertz CT molecular complexity index is 123. The van der Waals surface area contributed by atoms with Crippen LogP contribution in [0.2, 0.25) is 0 Å². The van der Waals surface area contributed by atoms with E-state index in [9.17, 15) is 4.79 Å². The molecule has 66 valence electrons. The highest BCUT2D eigenvalue weighted by molar-refractivity contribution is 5.73. The second-order valence-electron chi connectivity index (χ2n) is 3.26. The first-order valence-electron chi connectivity index (χ1n) is 4.03. The molecule has 0 aromatic carbocycles. The molecule has 0 aromatic rings. The summed E-state index contributed by atoms with van der Waals surface area (Å²) in [5.74, 6) is 0.580. The molecular formula is C8H18N2O. The Hall–Kier alpha value is -0.570. The monoisotopic (exact) mass is 158 g/mol. The fourth-order valence-corrected chi connectivity index (χ4v) is 1.07. The summed E-state index contributed by atoms with van der Waals surface area (Å²) in [5.41, 5.74) is 5.45. The molecular weight excluding hydrogens is 140 g/mol. The van der Waals surface area contributed by atoms with Crippen molar-refractivity contribution in [2.24, 2.45) is 11.7 Å². The molecule has 0 bridgehead atoms. The Labute approximate surface area is 68.3 Å². The van der Waals surface area contributed by atoms with Crippen LogP contribution < -0.4 is 11.1 Å². The van der Waals surface area contributed by atoms with E-state index >= 15 is 0 Å². The quantitative estimate of drug-likeness (QED) is 0.626. The van der Waals surface area contributed by atoms with Crippen molar-refractivity contribution in [1.29, 1.82) is 0 Å². The summed E-state index contributed by atoms with van der Waals surface area (Å²) in [6.45, 7) is 6.27. The number of carbonyl (C=O) groups excluding carboxylic acids is 1. The normalized spacial score (nSPS) is 13.2. The van der Waals surface area contributed by atoms with Crippen LogP contribution in [0.5, 0.6) is 0 Å². The van der Waals surface area contributed by atoms with E-state index in [1.807, 2.05) is 0 Å². The molecule has 0 saturated carbocycles. The van der Waals surface area contributed by atoms with Crippen LogP contribution in [0.1, 0.15) is 27.2 Å². The van der Waals surface area contributed by atoms with Crippen molar-refractivity contribution >= 4 is 5.91 Å². The van der Waals surface area contributed by atoms with Gasteiger partial charge < -0.3 is 11.1 Å². The molecule has 0 aliphatic rings. The van der Waals surface area contributed by atoms with Crippen LogP contribution in [0.4, 0.5) is 0 Å². The summed E-state index contributed by atoms with van der Waals surface area (Å²) in [4.78, 5) is 10.6. The third-order valence-electron chi connectivity index (χ3n) is 1.45. The van der Waals surface area contributed by atoms with Gasteiger partial charge in [-0.2, -0.15) is 0 Å². The van der Waals surface area contributed by atoms with Gasteiger partial charge in [-0.25, -0.2) is 0 Å². The fraction of sp³-hybridized carbons (Fsp3) is 0.875. The lowest BCUT2D eigenvalue weighted by molar-refractivity contribution is -0.119. The third kappa shape index (κ3) is 5.85. The van der Waals surface area contributed by atoms with Gasteiger partial charge in [0.15, 0.2) is 0 Å². The lowest BCUT2D eigenvalue weighted by atomic mass is 10.0. The highest BCUT2D eigenvalue weighted by Crippen LogP contribution is 2.02. The van der Waals surface area contributed by atoms with E-state index in [1.165, 1.54) is 6.92 Å². The van der Waals surface area contributed by atoms with E-state index in [0.717, 1.165) is 6.42 Å². The van der Waals surface area contributed by atoms with Gasteiger partial charge in [-0.05, 0) is 12.3 Å². The molecule has 0 saturated heterocycles. The van der Waals surface area contributed by atoms with Gasteiger partial charge in [-0.3, -0.25) is 4.79 Å². The van der Waals surface area contributed by atoms with Crippen molar-refractivity contribution < 1.29 is 4.79 Å². The molecule has 3 heteroatoms. The van der Waals surface area contributed by atoms with Crippen LogP contribution in [0.25, 0.3) is 0 Å². The molecule has 0 rings (SSSR count). The smallest absolute Gasteiger partial charge is 0.217 e. The second kappa shape index (κ2) is 5.13. The van der Waals surface area contributed by atoms with E-state index in [-0.39, 0.29) is 11.9 Å². The molecule has 0 fully saturated rings. The Balaban J connectivity index is 3.66. The molecule has 3 nitrogen and oxygen atoms in total. The van der Waals surface area contributed by atoms with Crippen molar-refractivity contribution in [3.05, 3.63) is 0 Å². The zero-order valence-electron chi connectivity index (χ0n) is 7.55. The molecule has 1 atom stereocenters. The van der Waals surface area contributed by atoms with E-state index < -0.39 is 0 Å². The molecule has 1 amide bonds. The average Bonchev–Trinajstić information content (AvgIpc) is 1.84. The lowest BCUT2D eigenvalue weighted by Gasteiger charge is -2.17. The lowest BCUT2D eigenvalue weighted by Crippen LogP contribution is -2.39. The molecule has 11 heavy (non-hydrogen) atoms. The third-order valence-corrected chi connectivity index (χ3v) is 1.45. The summed E-state index contributed by atoms with van der Waals surface area (Å²) in [5, 5.41) is 2.80. The largest absolute Gasteiger partial charge is 0.352 e. The number of rotatable bonds is 4. The van der Waals surface area contributed by atoms with Crippen LogP contribution in [0.15, 0.2) is 0 Å². The predicted octanol–water partition coefficient (Wildman–Crippen LogP) is 0.496. The summed E-state index contributed by atoms with van der Waals surface area (Å²) in [7, 11) is 0. The Morgan fingerprint density at radius 2 is 2.09 bits per heavy atom. The number of amides is 1. The van der Waals surface area contributed by atoms with Gasteiger partial charge in [0.2, 0.25) is 5.91 Å². The molecule has 0 aliphatic heterocycles. The standard InChI is InChI=1S/C8H18N2O/c1-6(2)4-8(5-9)10-7(3)11/h6,8H,4-5,9H2,1-3H3,(H,10,11)/t8-/m0/s1. The number of nitrogens with two attached hydrogens (primary N) is 1. The number of carbonyl (C=O) groups is 1. The Morgan fingerprint density at radius 3 is 2.36 bits per heavy atom. The summed E-state index contributed by atoms with van der Waals surface area (Å²) < 4.78 is 0. The molecule has 0 heterocycles. The highest BCUT2D eigenvalue weighted by atomic mass is 16.1. The topological polar surface area (TPSA) is 55.1 Å². The SMILES string of the molecule is CC(=O)N[C@H](CN)CC(C)C. The van der Waals surface area contributed by atoms with Crippen molar-refractivity contribution in [2.45, 2.75) is 33.2 Å². The fourth-order valence-electron chi connectivity index (χ4n) is 1.07. The van der Waals surface area contributed by atoms with Crippen molar-refractivity contribution in [3.63, 3.8) is 0 Å². The van der Waals surface area contributed by atoms with Gasteiger partial charge >= 0.3 is 0 Å². The van der Waals surface area contributed by atoms with Gasteiger partial charge in [0.05, 0.1) is 0 Å².